The zero-order chi connectivity index (χ0) is 35.6. The van der Waals surface area contributed by atoms with Crippen LogP contribution in [0.1, 0.15) is 123 Å². The summed E-state index contributed by atoms with van der Waals surface area (Å²) in [5, 5.41) is 3.04. The number of nitrogens with zero attached hydrogens (tertiary/aromatic N) is 3. The molecular weight excluding hydrogens is 610 g/mol. The molecule has 8 bridgehead atoms. The topological polar surface area (TPSA) is 133 Å². The van der Waals surface area contributed by atoms with Crippen LogP contribution in [-0.4, -0.2) is 63.3 Å². The van der Waals surface area contributed by atoms with Gasteiger partial charge in [-0.25, -0.2) is 4.98 Å². The summed E-state index contributed by atoms with van der Waals surface area (Å²) in [6.45, 7) is 15.8. The van der Waals surface area contributed by atoms with Gasteiger partial charge in [-0.3, -0.25) is 14.6 Å². The predicted octanol–water partition coefficient (Wildman–Crippen LogP) is 7.51. The molecule has 9 nitrogen and oxygen atoms in total. The van der Waals surface area contributed by atoms with E-state index in [4.69, 9.17) is 15.7 Å². The minimum absolute atomic E-state index is 0.0316. The molecule has 0 unspecified atom stereocenters. The molecule has 0 fully saturated rings. The molecule has 0 aliphatic carbocycles. The first kappa shape index (κ1) is 36.1. The molecule has 2 amide bonds. The lowest BCUT2D eigenvalue weighted by Crippen LogP contribution is -2.46. The molecule has 5 N–H and O–H groups in total. The standard InChI is InChI=1S/C40H55N7O2/c1-10-27-24(5)34-21-37-28(11-2)23(4)33(43-37)20-35-25(6)29(15-16-38(48)45-30(14-12-13-17-41)40(49)47(8)9)39(46-35)26(7)32-18-22(3)31(42-32)19-36(27)44-34/h18-21,25,29-30,42-43H,10-17,41H2,1-9H3,(H,45,48)/t25-,29-,30-/m0/s1. The summed E-state index contributed by atoms with van der Waals surface area (Å²) in [4.78, 5) is 45.7. The van der Waals surface area contributed by atoms with Gasteiger partial charge < -0.3 is 25.9 Å². The van der Waals surface area contributed by atoms with E-state index in [2.05, 4.69) is 88.0 Å². The van der Waals surface area contributed by atoms with Crippen LogP contribution in [-0.2, 0) is 16.0 Å². The second-order valence-corrected chi connectivity index (χ2v) is 14.1. The number of hydrogen-bond acceptors (Lipinski definition) is 5. The Morgan fingerprint density at radius 2 is 1.59 bits per heavy atom. The Bertz CT molecular complexity index is 1930. The van der Waals surface area contributed by atoms with E-state index in [1.807, 2.05) is 0 Å². The first-order chi connectivity index (χ1) is 23.4. The largest absolute Gasteiger partial charge is 0.355 e. The number of aromatic amines is 2. The van der Waals surface area contributed by atoms with E-state index < -0.39 is 6.04 Å². The molecule has 3 atom stereocenters. The minimum Gasteiger partial charge on any atom is -0.355 e. The summed E-state index contributed by atoms with van der Waals surface area (Å²) in [6.07, 6.45) is 4.90. The Morgan fingerprint density at radius 1 is 0.898 bits per heavy atom. The lowest BCUT2D eigenvalue weighted by atomic mass is 9.86. The number of allylic oxidation sites excluding steroid dienone is 2. The van der Waals surface area contributed by atoms with Gasteiger partial charge in [-0.05, 0) is 130 Å². The molecule has 5 heterocycles. The van der Waals surface area contributed by atoms with Crippen molar-refractivity contribution in [2.75, 3.05) is 20.6 Å². The van der Waals surface area contributed by atoms with Gasteiger partial charge in [-0.2, -0.15) is 0 Å². The van der Waals surface area contributed by atoms with Gasteiger partial charge in [-0.1, -0.05) is 20.8 Å². The van der Waals surface area contributed by atoms with Crippen LogP contribution in [0.3, 0.4) is 0 Å². The molecular formula is C40H55N7O2. The molecule has 0 aromatic carbocycles. The van der Waals surface area contributed by atoms with E-state index in [0.717, 1.165) is 81.7 Å². The number of amides is 2. The molecule has 0 spiro atoms. The van der Waals surface area contributed by atoms with Gasteiger partial charge >= 0.3 is 0 Å². The number of aryl methyl sites for hydroxylation is 4. The number of unbranched alkanes of at least 4 members (excludes halogenated alkanes) is 1. The molecule has 0 saturated carbocycles. The molecule has 0 saturated heterocycles. The number of H-pyrrole nitrogens is 2. The highest BCUT2D eigenvalue weighted by molar-refractivity contribution is 5.93. The van der Waals surface area contributed by atoms with Crippen LogP contribution in [0.5, 0.6) is 0 Å². The fourth-order valence-corrected chi connectivity index (χ4v) is 7.52. The fraction of sp³-hybridized carbons (Fsp3) is 0.500. The third kappa shape index (κ3) is 7.37. The fourth-order valence-electron chi connectivity index (χ4n) is 7.52. The molecule has 3 aromatic heterocycles. The molecule has 2 aliphatic rings. The molecule has 3 aromatic rings. The van der Waals surface area contributed by atoms with Gasteiger partial charge in [0.2, 0.25) is 11.8 Å². The van der Waals surface area contributed by atoms with E-state index in [1.54, 1.807) is 19.0 Å². The van der Waals surface area contributed by atoms with Gasteiger partial charge in [0.05, 0.1) is 11.4 Å². The van der Waals surface area contributed by atoms with E-state index in [-0.39, 0.29) is 23.7 Å². The van der Waals surface area contributed by atoms with Crippen molar-refractivity contribution in [2.45, 2.75) is 111 Å². The average Bonchev–Trinajstić information content (AvgIpc) is 3.77. The highest BCUT2D eigenvalue weighted by Gasteiger charge is 2.32. The van der Waals surface area contributed by atoms with Crippen molar-refractivity contribution in [3.63, 3.8) is 0 Å². The molecule has 2 aliphatic heterocycles. The number of rotatable bonds is 11. The average molecular weight is 666 g/mol. The highest BCUT2D eigenvalue weighted by Crippen LogP contribution is 2.42. The summed E-state index contributed by atoms with van der Waals surface area (Å²) in [5.41, 5.74) is 21.1. The van der Waals surface area contributed by atoms with Crippen molar-refractivity contribution in [2.24, 2.45) is 5.73 Å². The van der Waals surface area contributed by atoms with Crippen molar-refractivity contribution in [3.05, 3.63) is 69.3 Å². The number of aromatic nitrogens is 4. The number of carbonyl (C=O) groups excluding carboxylic acids is 2. The summed E-state index contributed by atoms with van der Waals surface area (Å²) in [7, 11) is 3.45. The SMILES string of the molecule is CCC1=C(C)c2cc3[nH]c(cc4nc(c(C)c5cc(C)c(cc1n2)[nH]5)[C@@H](CCC(=O)N[C@@H](CCCCN)C(=O)N(C)C)[C@@H]4C)c(C)c3CC. The smallest absolute Gasteiger partial charge is 0.244 e. The van der Waals surface area contributed by atoms with Crippen molar-refractivity contribution in [3.8, 4) is 0 Å². The second kappa shape index (κ2) is 15.1. The van der Waals surface area contributed by atoms with Gasteiger partial charge in [0.1, 0.15) is 6.04 Å². The maximum Gasteiger partial charge on any atom is 0.244 e. The zero-order valence-corrected chi connectivity index (χ0v) is 30.9. The summed E-state index contributed by atoms with van der Waals surface area (Å²) in [6, 6.07) is 8.23. The van der Waals surface area contributed by atoms with Crippen molar-refractivity contribution >= 4 is 45.0 Å². The summed E-state index contributed by atoms with van der Waals surface area (Å²) >= 11 is 0. The lowest BCUT2D eigenvalue weighted by molar-refractivity contribution is -0.134. The van der Waals surface area contributed by atoms with Crippen LogP contribution in [0.2, 0.25) is 0 Å². The molecule has 262 valence electrons. The second-order valence-electron chi connectivity index (χ2n) is 14.1. The lowest BCUT2D eigenvalue weighted by Gasteiger charge is -2.22. The van der Waals surface area contributed by atoms with Crippen LogP contribution in [0, 0.1) is 20.8 Å². The molecule has 0 radical (unpaired) electrons. The molecule has 9 heteroatoms. The Morgan fingerprint density at radius 3 is 2.27 bits per heavy atom. The number of nitrogens with one attached hydrogen (secondary N) is 3. The molecule has 49 heavy (non-hydrogen) atoms. The van der Waals surface area contributed by atoms with Crippen molar-refractivity contribution < 1.29 is 9.59 Å². The molecule has 5 rings (SSSR count). The van der Waals surface area contributed by atoms with Crippen LogP contribution in [0.25, 0.3) is 33.2 Å². The van der Waals surface area contributed by atoms with Crippen LogP contribution >= 0.6 is 0 Å². The van der Waals surface area contributed by atoms with Crippen molar-refractivity contribution in [1.82, 2.24) is 30.2 Å². The first-order valence-electron chi connectivity index (χ1n) is 18.0. The zero-order valence-electron chi connectivity index (χ0n) is 30.9. The number of nitrogens with two attached hydrogens (primary N) is 1. The number of fused-ring (bicyclic) bond motifs is 8. The normalized spacial score (nSPS) is 16.6. The number of likely N-dealkylation sites (N-methyl/N-ethyl adjacent to an activating group) is 1. The maximum absolute atomic E-state index is 13.4. The Balaban J connectivity index is 1.61. The monoisotopic (exact) mass is 665 g/mol. The summed E-state index contributed by atoms with van der Waals surface area (Å²) < 4.78 is 0. The van der Waals surface area contributed by atoms with E-state index in [9.17, 15) is 9.59 Å². The quantitative estimate of drug-likeness (QED) is 0.157. The van der Waals surface area contributed by atoms with Crippen LogP contribution in [0.4, 0.5) is 0 Å². The third-order valence-corrected chi connectivity index (χ3v) is 10.6. The Kier molecular flexibility index (Phi) is 11.1. The van der Waals surface area contributed by atoms with Crippen LogP contribution < -0.4 is 11.1 Å². The van der Waals surface area contributed by atoms with E-state index >= 15 is 0 Å². The summed E-state index contributed by atoms with van der Waals surface area (Å²) in [5.74, 6) is -0.0811. The maximum atomic E-state index is 13.4. The van der Waals surface area contributed by atoms with Gasteiger partial charge in [0, 0.05) is 65.8 Å². The first-order valence-corrected chi connectivity index (χ1v) is 18.0. The van der Waals surface area contributed by atoms with Gasteiger partial charge in [0.15, 0.2) is 0 Å². The van der Waals surface area contributed by atoms with Gasteiger partial charge in [0.25, 0.3) is 0 Å². The van der Waals surface area contributed by atoms with Gasteiger partial charge in [-0.15, -0.1) is 0 Å². The predicted molar refractivity (Wildman–Crippen MR) is 201 cm³/mol. The Labute approximate surface area is 291 Å². The third-order valence-electron chi connectivity index (χ3n) is 10.6. The minimum atomic E-state index is -0.550. The number of carbonyl (C=O) groups is 2. The van der Waals surface area contributed by atoms with E-state index in [0.29, 0.717) is 25.8 Å². The van der Waals surface area contributed by atoms with Crippen LogP contribution in [0.15, 0.2) is 24.3 Å². The number of hydrogen-bond donors (Lipinski definition) is 4. The van der Waals surface area contributed by atoms with E-state index in [1.165, 1.54) is 22.3 Å². The highest BCUT2D eigenvalue weighted by atomic mass is 16.2. The van der Waals surface area contributed by atoms with Crippen molar-refractivity contribution in [1.29, 1.82) is 0 Å². The Hall–Kier alpha value is -4.24.